The number of aliphatic imine (C=N–C) groups is 1. The number of hydrogen-bond acceptors (Lipinski definition) is 3. The van der Waals surface area contributed by atoms with Crippen LogP contribution in [0.2, 0.25) is 0 Å². The summed E-state index contributed by atoms with van der Waals surface area (Å²) in [4.78, 5) is 16.3. The van der Waals surface area contributed by atoms with Gasteiger partial charge < -0.3 is 5.11 Å². The fourth-order valence-corrected chi connectivity index (χ4v) is 3.30. The van der Waals surface area contributed by atoms with Crippen LogP contribution >= 0.6 is 0 Å². The third-order valence-corrected chi connectivity index (χ3v) is 4.56. The number of carbonyl (C=O) groups is 1. The number of fused-ring (bicyclic) bond motifs is 3. The normalized spacial score (nSPS) is 11.4. The van der Waals surface area contributed by atoms with Gasteiger partial charge in [-0.2, -0.15) is 0 Å². The van der Waals surface area contributed by atoms with Crippen molar-refractivity contribution in [1.82, 2.24) is 0 Å². The van der Waals surface area contributed by atoms with Crippen molar-refractivity contribution in [3.05, 3.63) is 83.9 Å². The predicted octanol–water partition coefficient (Wildman–Crippen LogP) is 5.65. The highest BCUT2D eigenvalue weighted by Crippen LogP contribution is 2.36. The molecule has 0 fully saturated rings. The SMILES string of the molecule is CC(=O)c1ccccc1N=Cc1c(O)c2ccccc2c2ccccc12. The van der Waals surface area contributed by atoms with Gasteiger partial charge in [-0.3, -0.25) is 9.79 Å². The van der Waals surface area contributed by atoms with Gasteiger partial charge in [-0.15, -0.1) is 0 Å². The highest BCUT2D eigenvalue weighted by atomic mass is 16.3. The Morgan fingerprint density at radius 3 is 2.04 bits per heavy atom. The molecule has 0 atom stereocenters. The molecule has 0 aromatic heterocycles. The van der Waals surface area contributed by atoms with E-state index in [1.165, 1.54) is 6.92 Å². The smallest absolute Gasteiger partial charge is 0.161 e. The van der Waals surface area contributed by atoms with E-state index in [0.717, 1.165) is 21.5 Å². The Morgan fingerprint density at radius 2 is 1.35 bits per heavy atom. The van der Waals surface area contributed by atoms with E-state index in [9.17, 15) is 9.90 Å². The van der Waals surface area contributed by atoms with Gasteiger partial charge >= 0.3 is 0 Å². The third kappa shape index (κ3) is 2.64. The van der Waals surface area contributed by atoms with Gasteiger partial charge in [-0.25, -0.2) is 0 Å². The highest BCUT2D eigenvalue weighted by Gasteiger charge is 2.12. The van der Waals surface area contributed by atoms with E-state index in [-0.39, 0.29) is 11.5 Å². The maximum Gasteiger partial charge on any atom is 0.161 e. The molecule has 0 spiro atoms. The van der Waals surface area contributed by atoms with Gasteiger partial charge in [-0.05, 0) is 35.2 Å². The van der Waals surface area contributed by atoms with Crippen molar-refractivity contribution in [2.24, 2.45) is 4.99 Å². The van der Waals surface area contributed by atoms with Gasteiger partial charge in [-0.1, -0.05) is 60.7 Å². The lowest BCUT2D eigenvalue weighted by molar-refractivity contribution is 0.101. The van der Waals surface area contributed by atoms with E-state index in [0.29, 0.717) is 16.8 Å². The molecule has 0 saturated carbocycles. The second-order valence-corrected chi connectivity index (χ2v) is 6.18. The number of benzene rings is 4. The van der Waals surface area contributed by atoms with Crippen LogP contribution in [0.3, 0.4) is 0 Å². The summed E-state index contributed by atoms with van der Waals surface area (Å²) in [6.45, 7) is 1.53. The number of aromatic hydroxyl groups is 1. The Labute approximate surface area is 151 Å². The first-order valence-electron chi connectivity index (χ1n) is 8.43. The summed E-state index contributed by atoms with van der Waals surface area (Å²) >= 11 is 0. The van der Waals surface area contributed by atoms with Crippen LogP contribution in [-0.4, -0.2) is 17.1 Å². The third-order valence-electron chi connectivity index (χ3n) is 4.56. The monoisotopic (exact) mass is 339 g/mol. The van der Waals surface area contributed by atoms with E-state index in [2.05, 4.69) is 4.99 Å². The number of phenols is 1. The van der Waals surface area contributed by atoms with E-state index in [1.54, 1.807) is 18.3 Å². The molecule has 1 N–H and O–H groups in total. The van der Waals surface area contributed by atoms with Crippen molar-refractivity contribution in [2.75, 3.05) is 0 Å². The molecule has 4 rings (SSSR count). The number of para-hydroxylation sites is 1. The first kappa shape index (κ1) is 16.0. The maximum absolute atomic E-state index is 11.8. The lowest BCUT2D eigenvalue weighted by Gasteiger charge is -2.11. The second-order valence-electron chi connectivity index (χ2n) is 6.18. The summed E-state index contributed by atoms with van der Waals surface area (Å²) in [5, 5.41) is 14.6. The molecule has 3 heteroatoms. The zero-order valence-electron chi connectivity index (χ0n) is 14.3. The number of nitrogens with zero attached hydrogens (tertiary/aromatic N) is 1. The van der Waals surface area contributed by atoms with Crippen molar-refractivity contribution in [3.63, 3.8) is 0 Å². The summed E-state index contributed by atoms with van der Waals surface area (Å²) in [6, 6.07) is 22.9. The molecule has 0 bridgehead atoms. The molecule has 0 saturated heterocycles. The Hall–Kier alpha value is -3.46. The van der Waals surface area contributed by atoms with E-state index in [4.69, 9.17) is 0 Å². The topological polar surface area (TPSA) is 49.7 Å². The van der Waals surface area contributed by atoms with Crippen LogP contribution in [0, 0.1) is 0 Å². The molecule has 0 unspecified atom stereocenters. The molecule has 26 heavy (non-hydrogen) atoms. The zero-order valence-corrected chi connectivity index (χ0v) is 14.3. The summed E-state index contributed by atoms with van der Waals surface area (Å²) < 4.78 is 0. The molecule has 0 aliphatic rings. The predicted molar refractivity (Wildman–Crippen MR) is 107 cm³/mol. The molecule has 0 heterocycles. The molecule has 0 aliphatic carbocycles. The number of Topliss-reactive ketones (excluding diaryl/α,β-unsaturated/α-hetero) is 1. The average Bonchev–Trinajstić information content (AvgIpc) is 2.68. The van der Waals surface area contributed by atoms with Gasteiger partial charge in [0.1, 0.15) is 5.75 Å². The number of rotatable bonds is 3. The van der Waals surface area contributed by atoms with Crippen molar-refractivity contribution in [2.45, 2.75) is 6.92 Å². The summed E-state index contributed by atoms with van der Waals surface area (Å²) in [6.07, 6.45) is 1.64. The number of phenolic OH excluding ortho intramolecular Hbond substituents is 1. The van der Waals surface area contributed by atoms with E-state index >= 15 is 0 Å². The van der Waals surface area contributed by atoms with Crippen LogP contribution < -0.4 is 0 Å². The maximum atomic E-state index is 11.8. The van der Waals surface area contributed by atoms with Crippen molar-refractivity contribution >= 4 is 39.2 Å². The van der Waals surface area contributed by atoms with Crippen molar-refractivity contribution < 1.29 is 9.90 Å². The lowest BCUT2D eigenvalue weighted by atomic mass is 9.96. The molecular formula is C23H17NO2. The number of ketones is 1. The van der Waals surface area contributed by atoms with Crippen LogP contribution in [0.25, 0.3) is 21.5 Å². The minimum absolute atomic E-state index is 0.0367. The zero-order chi connectivity index (χ0) is 18.1. The average molecular weight is 339 g/mol. The first-order valence-corrected chi connectivity index (χ1v) is 8.43. The quantitative estimate of drug-likeness (QED) is 0.298. The van der Waals surface area contributed by atoms with Crippen LogP contribution in [0.15, 0.2) is 77.8 Å². The summed E-state index contributed by atoms with van der Waals surface area (Å²) in [7, 11) is 0. The van der Waals surface area contributed by atoms with Gasteiger partial charge in [0.2, 0.25) is 0 Å². The van der Waals surface area contributed by atoms with Gasteiger partial charge in [0.05, 0.1) is 5.69 Å². The fourth-order valence-electron chi connectivity index (χ4n) is 3.30. The molecule has 126 valence electrons. The number of hydrogen-bond donors (Lipinski definition) is 1. The molecule has 0 aliphatic heterocycles. The molecule has 3 nitrogen and oxygen atoms in total. The Bertz CT molecular complexity index is 1180. The Kier molecular flexibility index (Phi) is 3.98. The van der Waals surface area contributed by atoms with Crippen LogP contribution in [-0.2, 0) is 0 Å². The Morgan fingerprint density at radius 1 is 0.808 bits per heavy atom. The highest BCUT2D eigenvalue weighted by molar-refractivity contribution is 6.17. The van der Waals surface area contributed by atoms with Gasteiger partial charge in [0, 0.05) is 22.7 Å². The minimum Gasteiger partial charge on any atom is -0.507 e. The first-order chi connectivity index (χ1) is 12.7. The van der Waals surface area contributed by atoms with Gasteiger partial charge in [0.15, 0.2) is 5.78 Å². The largest absolute Gasteiger partial charge is 0.507 e. The van der Waals surface area contributed by atoms with E-state index < -0.39 is 0 Å². The molecule has 0 amide bonds. The Balaban J connectivity index is 1.97. The van der Waals surface area contributed by atoms with Gasteiger partial charge in [0.25, 0.3) is 0 Å². The second kappa shape index (κ2) is 6.45. The van der Waals surface area contributed by atoms with Crippen LogP contribution in [0.1, 0.15) is 22.8 Å². The lowest BCUT2D eigenvalue weighted by Crippen LogP contribution is -1.93. The number of carbonyl (C=O) groups excluding carboxylic acids is 1. The standard InChI is InChI=1S/C23H17NO2/c1-15(25)16-8-6-7-13-22(16)24-14-21-19-11-3-2-9-17(19)18-10-4-5-12-20(18)23(21)26/h2-14,26H,1H3. The minimum atomic E-state index is -0.0367. The summed E-state index contributed by atoms with van der Waals surface area (Å²) in [5.41, 5.74) is 1.81. The fraction of sp³-hybridized carbons (Fsp3) is 0.0435. The molecule has 4 aromatic carbocycles. The van der Waals surface area contributed by atoms with Crippen molar-refractivity contribution in [1.29, 1.82) is 0 Å². The van der Waals surface area contributed by atoms with Crippen LogP contribution in [0.5, 0.6) is 5.75 Å². The summed E-state index contributed by atoms with van der Waals surface area (Å²) in [5.74, 6) is 0.161. The molecule has 0 radical (unpaired) electrons. The van der Waals surface area contributed by atoms with Crippen molar-refractivity contribution in [3.8, 4) is 5.75 Å². The van der Waals surface area contributed by atoms with E-state index in [1.807, 2.05) is 60.7 Å². The molecular weight excluding hydrogens is 322 g/mol. The van der Waals surface area contributed by atoms with Crippen LogP contribution in [0.4, 0.5) is 5.69 Å². The molecule has 4 aromatic rings.